The highest BCUT2D eigenvalue weighted by Crippen LogP contribution is 2.38. The van der Waals surface area contributed by atoms with Crippen LogP contribution in [0.5, 0.6) is 0 Å². The fraction of sp³-hybridized carbons (Fsp3) is 0.389. The molecule has 27 heavy (non-hydrogen) atoms. The lowest BCUT2D eigenvalue weighted by Gasteiger charge is -2.54. The summed E-state index contributed by atoms with van der Waals surface area (Å²) in [6.07, 6.45) is -4.42. The maximum Gasteiger partial charge on any atom is 0.490 e. The Kier molecular flexibility index (Phi) is 4.26. The number of fused-ring (bicyclic) bond motifs is 1. The monoisotopic (exact) mass is 378 g/mol. The Morgan fingerprint density at radius 1 is 1.19 bits per heavy atom. The molecule has 1 aromatic carbocycles. The molecule has 2 aromatic rings. The summed E-state index contributed by atoms with van der Waals surface area (Å²) in [5.41, 5.74) is 0.297. The van der Waals surface area contributed by atoms with Crippen molar-refractivity contribution in [3.05, 3.63) is 42.5 Å². The van der Waals surface area contributed by atoms with E-state index < -0.39 is 17.9 Å². The number of nitrogens with one attached hydrogen (secondary N) is 1. The minimum atomic E-state index is -5.02. The Hall–Kier alpha value is -2.68. The number of nitrogens with zero attached hydrogens (tertiary/aromatic N) is 3. The number of carbonyl (C=O) groups is 1. The molecule has 0 bridgehead atoms. The number of esters is 1. The van der Waals surface area contributed by atoms with Crippen LogP contribution in [0.2, 0.25) is 0 Å². The highest BCUT2D eigenvalue weighted by Gasteiger charge is 2.56. The van der Waals surface area contributed by atoms with Gasteiger partial charge in [0.1, 0.15) is 0 Å². The minimum absolute atomic E-state index is 0.0961. The molecule has 1 aromatic heterocycles. The Labute approximate surface area is 153 Å². The molecule has 2 unspecified atom stereocenters. The van der Waals surface area contributed by atoms with Crippen LogP contribution in [0.1, 0.15) is 6.42 Å². The van der Waals surface area contributed by atoms with Crippen LogP contribution in [-0.2, 0) is 9.53 Å². The van der Waals surface area contributed by atoms with Crippen LogP contribution in [0, 0.1) is 5.92 Å². The summed E-state index contributed by atoms with van der Waals surface area (Å²) in [5.74, 6) is -1.78. The number of carbonyl (C=O) groups excluding carboxylic acids is 1. The number of piperidine rings is 1. The molecule has 9 heteroatoms. The summed E-state index contributed by atoms with van der Waals surface area (Å²) >= 11 is 0. The number of anilines is 1. The Bertz CT molecular complexity index is 829. The van der Waals surface area contributed by atoms with Gasteiger partial charge in [-0.2, -0.15) is 13.2 Å². The SMILES string of the molecule is O=C(OC12CN(c3ccc(-c4ccccc4)nn3)CCC1CN2)C(F)(F)F. The van der Waals surface area contributed by atoms with E-state index >= 15 is 0 Å². The smallest absolute Gasteiger partial charge is 0.435 e. The van der Waals surface area contributed by atoms with Crippen molar-refractivity contribution in [1.82, 2.24) is 15.5 Å². The van der Waals surface area contributed by atoms with E-state index in [-0.39, 0.29) is 12.5 Å². The first-order chi connectivity index (χ1) is 12.9. The van der Waals surface area contributed by atoms with Gasteiger partial charge >= 0.3 is 12.1 Å². The summed E-state index contributed by atoms with van der Waals surface area (Å²) < 4.78 is 42.7. The average molecular weight is 378 g/mol. The van der Waals surface area contributed by atoms with E-state index in [1.807, 2.05) is 36.4 Å². The summed E-state index contributed by atoms with van der Waals surface area (Å²) in [4.78, 5) is 13.1. The lowest BCUT2D eigenvalue weighted by Crippen LogP contribution is -2.75. The van der Waals surface area contributed by atoms with Gasteiger partial charge in [0.05, 0.1) is 12.2 Å². The van der Waals surface area contributed by atoms with E-state index in [2.05, 4.69) is 15.5 Å². The zero-order valence-corrected chi connectivity index (χ0v) is 14.2. The average Bonchev–Trinajstić information content (AvgIpc) is 2.65. The standard InChI is InChI=1S/C18H17F3N4O2/c19-18(20,21)16(26)27-17-11-25(9-8-13(17)10-22-17)15-7-6-14(23-24-15)12-4-2-1-3-5-12/h1-7,13,22H,8-11H2. The summed E-state index contributed by atoms with van der Waals surface area (Å²) in [5, 5.41) is 11.3. The second kappa shape index (κ2) is 6.49. The largest absolute Gasteiger partial charge is 0.490 e. The Morgan fingerprint density at radius 3 is 2.56 bits per heavy atom. The van der Waals surface area contributed by atoms with Crippen LogP contribution in [-0.4, -0.2) is 47.7 Å². The maximum atomic E-state index is 12.6. The summed E-state index contributed by atoms with van der Waals surface area (Å²) in [6.45, 7) is 1.23. The number of aromatic nitrogens is 2. The van der Waals surface area contributed by atoms with Gasteiger partial charge in [0.2, 0.25) is 0 Å². The van der Waals surface area contributed by atoms with Gasteiger partial charge in [-0.05, 0) is 18.6 Å². The molecular weight excluding hydrogens is 361 g/mol. The molecule has 3 heterocycles. The van der Waals surface area contributed by atoms with Crippen LogP contribution >= 0.6 is 0 Å². The highest BCUT2D eigenvalue weighted by molar-refractivity contribution is 5.76. The van der Waals surface area contributed by atoms with Gasteiger partial charge in [-0.3, -0.25) is 5.32 Å². The van der Waals surface area contributed by atoms with E-state index in [0.29, 0.717) is 31.0 Å². The second-order valence-electron chi connectivity index (χ2n) is 6.71. The molecule has 0 radical (unpaired) electrons. The molecule has 2 aliphatic heterocycles. The number of hydrogen-bond donors (Lipinski definition) is 1. The quantitative estimate of drug-likeness (QED) is 0.828. The molecule has 2 aliphatic rings. The first-order valence-corrected chi connectivity index (χ1v) is 8.57. The third-order valence-corrected chi connectivity index (χ3v) is 5.03. The summed E-state index contributed by atoms with van der Waals surface area (Å²) in [6, 6.07) is 13.1. The van der Waals surface area contributed by atoms with Gasteiger partial charge in [-0.25, -0.2) is 4.79 Å². The zero-order chi connectivity index (χ0) is 19.1. The van der Waals surface area contributed by atoms with Crippen molar-refractivity contribution in [3.63, 3.8) is 0 Å². The predicted octanol–water partition coefficient (Wildman–Crippen LogP) is 2.37. The normalized spacial score (nSPS) is 24.7. The van der Waals surface area contributed by atoms with Crippen molar-refractivity contribution in [2.45, 2.75) is 18.3 Å². The molecule has 1 N–H and O–H groups in total. The summed E-state index contributed by atoms with van der Waals surface area (Å²) in [7, 11) is 0. The van der Waals surface area contributed by atoms with Gasteiger partial charge in [-0.1, -0.05) is 30.3 Å². The van der Waals surface area contributed by atoms with Gasteiger partial charge in [0, 0.05) is 24.6 Å². The molecule has 142 valence electrons. The van der Waals surface area contributed by atoms with Gasteiger partial charge in [0.15, 0.2) is 11.5 Å². The second-order valence-corrected chi connectivity index (χ2v) is 6.71. The Balaban J connectivity index is 1.51. The third-order valence-electron chi connectivity index (χ3n) is 5.03. The fourth-order valence-corrected chi connectivity index (χ4v) is 3.50. The van der Waals surface area contributed by atoms with Crippen molar-refractivity contribution >= 4 is 11.8 Å². The topological polar surface area (TPSA) is 67.3 Å². The molecule has 0 amide bonds. The van der Waals surface area contributed by atoms with E-state index in [1.165, 1.54) is 0 Å². The van der Waals surface area contributed by atoms with Crippen molar-refractivity contribution in [2.24, 2.45) is 5.92 Å². The number of benzene rings is 1. The van der Waals surface area contributed by atoms with Crippen LogP contribution in [0.3, 0.4) is 0 Å². The van der Waals surface area contributed by atoms with Gasteiger partial charge < -0.3 is 9.64 Å². The molecule has 0 saturated carbocycles. The van der Waals surface area contributed by atoms with Crippen molar-refractivity contribution in [3.8, 4) is 11.3 Å². The zero-order valence-electron chi connectivity index (χ0n) is 14.2. The molecule has 2 fully saturated rings. The van der Waals surface area contributed by atoms with E-state index in [0.717, 1.165) is 5.56 Å². The molecule has 0 aliphatic carbocycles. The van der Waals surface area contributed by atoms with E-state index in [1.54, 1.807) is 11.0 Å². The first kappa shape index (κ1) is 17.7. The molecular formula is C18H17F3N4O2. The molecule has 6 nitrogen and oxygen atoms in total. The number of rotatable bonds is 3. The van der Waals surface area contributed by atoms with E-state index in [4.69, 9.17) is 4.74 Å². The first-order valence-electron chi connectivity index (χ1n) is 8.57. The third kappa shape index (κ3) is 3.34. The van der Waals surface area contributed by atoms with Crippen LogP contribution in [0.25, 0.3) is 11.3 Å². The molecule has 4 rings (SSSR count). The molecule has 2 atom stereocenters. The lowest BCUT2D eigenvalue weighted by atomic mass is 9.80. The van der Waals surface area contributed by atoms with Crippen molar-refractivity contribution in [1.29, 1.82) is 0 Å². The highest BCUT2D eigenvalue weighted by atomic mass is 19.4. The maximum absolute atomic E-state index is 12.6. The number of ether oxygens (including phenoxy) is 1. The minimum Gasteiger partial charge on any atom is -0.435 e. The molecule has 0 spiro atoms. The van der Waals surface area contributed by atoms with Gasteiger partial charge in [-0.15, -0.1) is 10.2 Å². The van der Waals surface area contributed by atoms with Crippen LogP contribution < -0.4 is 10.2 Å². The van der Waals surface area contributed by atoms with E-state index in [9.17, 15) is 18.0 Å². The van der Waals surface area contributed by atoms with Crippen molar-refractivity contribution < 1.29 is 22.7 Å². The number of halogens is 3. The number of alkyl halides is 3. The van der Waals surface area contributed by atoms with Gasteiger partial charge in [0.25, 0.3) is 0 Å². The molecule has 2 saturated heterocycles. The van der Waals surface area contributed by atoms with Crippen LogP contribution in [0.4, 0.5) is 19.0 Å². The Morgan fingerprint density at radius 2 is 1.96 bits per heavy atom. The van der Waals surface area contributed by atoms with Crippen molar-refractivity contribution in [2.75, 3.05) is 24.5 Å². The van der Waals surface area contributed by atoms with Crippen LogP contribution in [0.15, 0.2) is 42.5 Å². The number of hydrogen-bond acceptors (Lipinski definition) is 6. The fourth-order valence-electron chi connectivity index (χ4n) is 3.50. The predicted molar refractivity (Wildman–Crippen MR) is 90.7 cm³/mol. The lowest BCUT2D eigenvalue weighted by molar-refractivity contribution is -0.234.